The first-order chi connectivity index (χ1) is 8.31. The maximum absolute atomic E-state index is 3.46. The van der Waals surface area contributed by atoms with Gasteiger partial charge >= 0.3 is 0 Å². The Kier molecular flexibility index (Phi) is 7.87. The van der Waals surface area contributed by atoms with E-state index >= 15 is 0 Å². The van der Waals surface area contributed by atoms with E-state index < -0.39 is 0 Å². The fourth-order valence-electron chi connectivity index (χ4n) is 3.02. The molecule has 102 valence electrons. The average Bonchev–Trinajstić information content (AvgIpc) is 2.39. The van der Waals surface area contributed by atoms with Gasteiger partial charge in [-0.1, -0.05) is 33.6 Å². The minimum atomic E-state index is 0.829. The largest absolute Gasteiger partial charge is 0.317 e. The normalized spacial score (nSPS) is 19.8. The Morgan fingerprint density at radius 3 is 2.41 bits per heavy atom. The van der Waals surface area contributed by atoms with E-state index in [1.807, 2.05) is 0 Å². The molecule has 0 radical (unpaired) electrons. The van der Waals surface area contributed by atoms with Crippen molar-refractivity contribution in [3.05, 3.63) is 0 Å². The second-order valence-corrected chi connectivity index (χ2v) is 5.49. The van der Waals surface area contributed by atoms with Crippen LogP contribution in [-0.2, 0) is 0 Å². The van der Waals surface area contributed by atoms with E-state index in [1.165, 1.54) is 64.7 Å². The lowest BCUT2D eigenvalue weighted by molar-refractivity contribution is 0.146. The number of rotatable bonds is 8. The minimum Gasteiger partial charge on any atom is -0.317 e. The summed E-state index contributed by atoms with van der Waals surface area (Å²) in [5.74, 6) is 0.937. The molecule has 0 aromatic rings. The lowest BCUT2D eigenvalue weighted by Crippen LogP contribution is -2.41. The highest BCUT2D eigenvalue weighted by Gasteiger charge is 2.20. The minimum absolute atomic E-state index is 0.829. The maximum Gasteiger partial charge on any atom is 0.00926 e. The first-order valence-electron chi connectivity index (χ1n) is 7.76. The molecule has 1 aliphatic heterocycles. The Balaban J connectivity index is 2.37. The SMILES string of the molecule is CCCCC(CC)N(CC)CC1CCNCC1. The molecule has 1 rings (SSSR count). The summed E-state index contributed by atoms with van der Waals surface area (Å²) in [4.78, 5) is 2.74. The summed E-state index contributed by atoms with van der Waals surface area (Å²) in [6.07, 6.45) is 8.19. The number of unbranched alkanes of at least 4 members (excludes halogenated alkanes) is 1. The number of nitrogens with one attached hydrogen (secondary N) is 1. The van der Waals surface area contributed by atoms with Crippen LogP contribution in [0.4, 0.5) is 0 Å². The number of piperidine rings is 1. The zero-order valence-electron chi connectivity index (χ0n) is 12.2. The maximum atomic E-state index is 3.46. The smallest absolute Gasteiger partial charge is 0.00926 e. The third-order valence-electron chi connectivity index (χ3n) is 4.24. The van der Waals surface area contributed by atoms with Gasteiger partial charge in [0.1, 0.15) is 0 Å². The molecule has 1 saturated heterocycles. The first-order valence-corrected chi connectivity index (χ1v) is 7.76. The van der Waals surface area contributed by atoms with Gasteiger partial charge in [-0.3, -0.25) is 0 Å². The molecule has 1 heterocycles. The van der Waals surface area contributed by atoms with Gasteiger partial charge in [0.05, 0.1) is 0 Å². The molecule has 0 aliphatic carbocycles. The molecule has 2 nitrogen and oxygen atoms in total. The lowest BCUT2D eigenvalue weighted by atomic mass is 9.95. The van der Waals surface area contributed by atoms with E-state index in [4.69, 9.17) is 0 Å². The van der Waals surface area contributed by atoms with Crippen LogP contribution in [0.25, 0.3) is 0 Å². The highest BCUT2D eigenvalue weighted by atomic mass is 15.1. The molecular weight excluding hydrogens is 208 g/mol. The molecule has 0 amide bonds. The van der Waals surface area contributed by atoms with E-state index in [1.54, 1.807) is 0 Å². The molecule has 1 N–H and O–H groups in total. The van der Waals surface area contributed by atoms with Crippen molar-refractivity contribution in [2.45, 2.75) is 65.3 Å². The van der Waals surface area contributed by atoms with Crippen molar-refractivity contribution in [3.8, 4) is 0 Å². The second-order valence-electron chi connectivity index (χ2n) is 5.49. The standard InChI is InChI=1S/C15H32N2/c1-4-7-8-15(5-2)17(6-3)13-14-9-11-16-12-10-14/h14-16H,4-13H2,1-3H3. The summed E-state index contributed by atoms with van der Waals surface area (Å²) in [6, 6.07) is 0.829. The molecule has 2 heteroatoms. The zero-order valence-corrected chi connectivity index (χ0v) is 12.2. The van der Waals surface area contributed by atoms with E-state index in [9.17, 15) is 0 Å². The molecule has 17 heavy (non-hydrogen) atoms. The van der Waals surface area contributed by atoms with Crippen molar-refractivity contribution in [1.82, 2.24) is 10.2 Å². The highest BCUT2D eigenvalue weighted by molar-refractivity contribution is 4.76. The molecule has 0 spiro atoms. The van der Waals surface area contributed by atoms with E-state index in [-0.39, 0.29) is 0 Å². The Bertz CT molecular complexity index is 176. The zero-order chi connectivity index (χ0) is 12.5. The predicted octanol–water partition coefficient (Wildman–Crippen LogP) is 3.28. The number of nitrogens with zero attached hydrogens (tertiary/aromatic N) is 1. The molecule has 0 saturated carbocycles. The van der Waals surface area contributed by atoms with Crippen LogP contribution in [0, 0.1) is 5.92 Å². The van der Waals surface area contributed by atoms with Crippen molar-refractivity contribution in [2.75, 3.05) is 26.2 Å². The van der Waals surface area contributed by atoms with Gasteiger partial charge in [-0.15, -0.1) is 0 Å². The number of hydrogen-bond acceptors (Lipinski definition) is 2. The third kappa shape index (κ3) is 5.39. The fraction of sp³-hybridized carbons (Fsp3) is 1.00. The topological polar surface area (TPSA) is 15.3 Å². The first kappa shape index (κ1) is 15.0. The molecule has 0 aromatic heterocycles. The van der Waals surface area contributed by atoms with Gasteiger partial charge in [-0.05, 0) is 51.2 Å². The summed E-state index contributed by atoms with van der Waals surface area (Å²) in [5, 5.41) is 3.46. The van der Waals surface area contributed by atoms with Crippen LogP contribution in [0.1, 0.15) is 59.3 Å². The van der Waals surface area contributed by atoms with Crippen molar-refractivity contribution in [3.63, 3.8) is 0 Å². The third-order valence-corrected chi connectivity index (χ3v) is 4.24. The van der Waals surface area contributed by atoms with Crippen LogP contribution < -0.4 is 5.32 Å². The highest BCUT2D eigenvalue weighted by Crippen LogP contribution is 2.18. The molecule has 1 aliphatic rings. The summed E-state index contributed by atoms with van der Waals surface area (Å²) < 4.78 is 0. The molecule has 1 fully saturated rings. The van der Waals surface area contributed by atoms with Crippen molar-refractivity contribution >= 4 is 0 Å². The van der Waals surface area contributed by atoms with Gasteiger partial charge in [0.25, 0.3) is 0 Å². The van der Waals surface area contributed by atoms with Gasteiger partial charge in [0.15, 0.2) is 0 Å². The van der Waals surface area contributed by atoms with Crippen molar-refractivity contribution < 1.29 is 0 Å². The van der Waals surface area contributed by atoms with E-state index in [2.05, 4.69) is 31.0 Å². The predicted molar refractivity (Wildman–Crippen MR) is 76.4 cm³/mol. The Morgan fingerprint density at radius 2 is 1.88 bits per heavy atom. The van der Waals surface area contributed by atoms with Crippen molar-refractivity contribution in [2.24, 2.45) is 5.92 Å². The molecule has 1 atom stereocenters. The molecule has 0 aromatic carbocycles. The van der Waals surface area contributed by atoms with Crippen LogP contribution in [0.5, 0.6) is 0 Å². The Labute approximate surface area is 108 Å². The van der Waals surface area contributed by atoms with E-state index in [0.717, 1.165) is 12.0 Å². The van der Waals surface area contributed by atoms with Gasteiger partial charge in [-0.25, -0.2) is 0 Å². The molecular formula is C15H32N2. The van der Waals surface area contributed by atoms with Gasteiger partial charge in [-0.2, -0.15) is 0 Å². The lowest BCUT2D eigenvalue weighted by Gasteiger charge is -2.34. The summed E-state index contributed by atoms with van der Waals surface area (Å²) in [7, 11) is 0. The van der Waals surface area contributed by atoms with Gasteiger partial charge < -0.3 is 10.2 Å². The molecule has 1 unspecified atom stereocenters. The van der Waals surface area contributed by atoms with Crippen LogP contribution in [-0.4, -0.2) is 37.1 Å². The van der Waals surface area contributed by atoms with Gasteiger partial charge in [0.2, 0.25) is 0 Å². The number of hydrogen-bond donors (Lipinski definition) is 1. The quantitative estimate of drug-likeness (QED) is 0.700. The van der Waals surface area contributed by atoms with Gasteiger partial charge in [0, 0.05) is 12.6 Å². The van der Waals surface area contributed by atoms with Crippen LogP contribution >= 0.6 is 0 Å². The van der Waals surface area contributed by atoms with E-state index in [0.29, 0.717) is 0 Å². The monoisotopic (exact) mass is 240 g/mol. The fourth-order valence-corrected chi connectivity index (χ4v) is 3.02. The summed E-state index contributed by atoms with van der Waals surface area (Å²) >= 11 is 0. The summed E-state index contributed by atoms with van der Waals surface area (Å²) in [6.45, 7) is 12.0. The van der Waals surface area contributed by atoms with Crippen LogP contribution in [0.15, 0.2) is 0 Å². The second kappa shape index (κ2) is 8.93. The Morgan fingerprint density at radius 1 is 1.18 bits per heavy atom. The van der Waals surface area contributed by atoms with Crippen molar-refractivity contribution in [1.29, 1.82) is 0 Å². The van der Waals surface area contributed by atoms with Crippen LogP contribution in [0.2, 0.25) is 0 Å². The average molecular weight is 240 g/mol. The Hall–Kier alpha value is -0.0800. The van der Waals surface area contributed by atoms with Crippen LogP contribution in [0.3, 0.4) is 0 Å². The summed E-state index contributed by atoms with van der Waals surface area (Å²) in [5.41, 5.74) is 0. The molecule has 0 bridgehead atoms.